The van der Waals surface area contributed by atoms with Gasteiger partial charge in [-0.25, -0.2) is 13.2 Å². The van der Waals surface area contributed by atoms with Gasteiger partial charge in [0.1, 0.15) is 11.1 Å². The summed E-state index contributed by atoms with van der Waals surface area (Å²) in [7, 11) is -3.46. The molecule has 0 fully saturated rings. The van der Waals surface area contributed by atoms with Crippen molar-refractivity contribution in [1.29, 1.82) is 0 Å². The Morgan fingerprint density at radius 1 is 0.833 bits per heavy atom. The molecule has 0 unspecified atom stereocenters. The van der Waals surface area contributed by atoms with E-state index in [-0.39, 0.29) is 17.3 Å². The molecule has 0 aliphatic carbocycles. The minimum absolute atomic E-state index is 0.00284. The standard InChI is InChI=1S/C27H24N2O6S/c1-16(2)36(33,34)29-23-11-6-19(7-12-23)26(31)28-22-9-4-18(5-10-22)20-8-13-25-21(14-20)15-24(17(3)30)27(32)35-25/h4-16,29H,1-3H3,(H,28,31). The summed E-state index contributed by atoms with van der Waals surface area (Å²) < 4.78 is 31.7. The Bertz CT molecular complexity index is 1620. The highest BCUT2D eigenvalue weighted by atomic mass is 32.2. The van der Waals surface area contributed by atoms with E-state index in [0.717, 1.165) is 11.1 Å². The maximum atomic E-state index is 12.6. The molecule has 184 valence electrons. The molecule has 36 heavy (non-hydrogen) atoms. The maximum absolute atomic E-state index is 12.6. The summed E-state index contributed by atoms with van der Waals surface area (Å²) in [5.74, 6) is -0.693. The van der Waals surface area contributed by atoms with Gasteiger partial charge in [-0.05, 0) is 86.5 Å². The quantitative estimate of drug-likeness (QED) is 0.268. The SMILES string of the molecule is CC(=O)c1cc2cc(-c3ccc(NC(=O)c4ccc(NS(=O)(=O)C(C)C)cc4)cc3)ccc2oc1=O. The Hall–Kier alpha value is -4.24. The smallest absolute Gasteiger partial charge is 0.347 e. The molecule has 0 bridgehead atoms. The van der Waals surface area contributed by atoms with E-state index in [4.69, 9.17) is 4.42 Å². The summed E-state index contributed by atoms with van der Waals surface area (Å²) in [5.41, 5.74) is 2.80. The molecule has 8 nitrogen and oxygen atoms in total. The second-order valence-electron chi connectivity index (χ2n) is 8.56. The van der Waals surface area contributed by atoms with Crippen LogP contribution in [0.5, 0.6) is 0 Å². The molecule has 1 heterocycles. The zero-order chi connectivity index (χ0) is 26.0. The van der Waals surface area contributed by atoms with Crippen LogP contribution >= 0.6 is 0 Å². The molecule has 4 aromatic rings. The zero-order valence-corrected chi connectivity index (χ0v) is 20.7. The number of ketones is 1. The Morgan fingerprint density at radius 2 is 1.44 bits per heavy atom. The number of hydrogen-bond donors (Lipinski definition) is 2. The van der Waals surface area contributed by atoms with E-state index in [2.05, 4.69) is 10.0 Å². The largest absolute Gasteiger partial charge is 0.422 e. The molecule has 0 atom stereocenters. The van der Waals surface area contributed by atoms with Crippen LogP contribution in [0.3, 0.4) is 0 Å². The molecule has 9 heteroatoms. The molecule has 3 aromatic carbocycles. The predicted octanol–water partition coefficient (Wildman–Crippen LogP) is 5.07. The summed E-state index contributed by atoms with van der Waals surface area (Å²) in [6, 6.07) is 20.2. The number of hydrogen-bond acceptors (Lipinski definition) is 6. The van der Waals surface area contributed by atoms with Crippen molar-refractivity contribution in [2.75, 3.05) is 10.0 Å². The van der Waals surface area contributed by atoms with Gasteiger partial charge in [0.15, 0.2) is 5.78 Å². The normalized spacial score (nSPS) is 11.4. The number of carbonyl (C=O) groups is 2. The lowest BCUT2D eigenvalue weighted by Crippen LogP contribution is -2.22. The fourth-order valence-corrected chi connectivity index (χ4v) is 4.17. The third-order valence-electron chi connectivity index (χ3n) is 5.62. The first-order valence-corrected chi connectivity index (χ1v) is 12.7. The molecule has 0 spiro atoms. The van der Waals surface area contributed by atoms with E-state index >= 15 is 0 Å². The molecule has 1 aromatic heterocycles. The van der Waals surface area contributed by atoms with Crippen LogP contribution in [0.1, 0.15) is 41.5 Å². The fourth-order valence-electron chi connectivity index (χ4n) is 3.47. The van der Waals surface area contributed by atoms with Crippen molar-refractivity contribution in [3.05, 3.63) is 94.3 Å². The third kappa shape index (κ3) is 5.36. The molecule has 0 saturated heterocycles. The van der Waals surface area contributed by atoms with E-state index < -0.39 is 20.9 Å². The molecular formula is C27H24N2O6S. The minimum Gasteiger partial charge on any atom is -0.422 e. The Balaban J connectivity index is 1.48. The van der Waals surface area contributed by atoms with Gasteiger partial charge in [0.05, 0.1) is 5.25 Å². The van der Waals surface area contributed by atoms with E-state index in [1.54, 1.807) is 50.2 Å². The van der Waals surface area contributed by atoms with Gasteiger partial charge in [0, 0.05) is 22.3 Å². The highest BCUT2D eigenvalue weighted by Gasteiger charge is 2.16. The number of fused-ring (bicyclic) bond motifs is 1. The summed E-state index contributed by atoms with van der Waals surface area (Å²) in [6.07, 6.45) is 0. The van der Waals surface area contributed by atoms with Crippen LogP contribution in [0.2, 0.25) is 0 Å². The third-order valence-corrected chi connectivity index (χ3v) is 7.38. The monoisotopic (exact) mass is 504 g/mol. The lowest BCUT2D eigenvalue weighted by Gasteiger charge is -2.11. The van der Waals surface area contributed by atoms with Crippen LogP contribution in [0, 0.1) is 0 Å². The van der Waals surface area contributed by atoms with Crippen LogP contribution in [-0.4, -0.2) is 25.4 Å². The van der Waals surface area contributed by atoms with Crippen molar-refractivity contribution in [1.82, 2.24) is 0 Å². The predicted molar refractivity (Wildman–Crippen MR) is 140 cm³/mol. The zero-order valence-electron chi connectivity index (χ0n) is 19.9. The van der Waals surface area contributed by atoms with Crippen molar-refractivity contribution in [3.63, 3.8) is 0 Å². The highest BCUT2D eigenvalue weighted by molar-refractivity contribution is 7.93. The van der Waals surface area contributed by atoms with Gasteiger partial charge in [0.2, 0.25) is 10.0 Å². The molecule has 0 saturated carbocycles. The van der Waals surface area contributed by atoms with Crippen molar-refractivity contribution in [3.8, 4) is 11.1 Å². The topological polar surface area (TPSA) is 123 Å². The maximum Gasteiger partial charge on any atom is 0.347 e. The van der Waals surface area contributed by atoms with Gasteiger partial charge in [-0.2, -0.15) is 0 Å². The first-order chi connectivity index (χ1) is 17.0. The lowest BCUT2D eigenvalue weighted by atomic mass is 10.0. The average Bonchev–Trinajstić information content (AvgIpc) is 2.83. The Labute approximate surface area is 208 Å². The molecule has 1 amide bonds. The van der Waals surface area contributed by atoms with Crippen molar-refractivity contribution in [2.24, 2.45) is 0 Å². The number of rotatable bonds is 7. The number of carbonyl (C=O) groups excluding carboxylic acids is 2. The Morgan fingerprint density at radius 3 is 2.06 bits per heavy atom. The average molecular weight is 505 g/mol. The second kappa shape index (κ2) is 9.79. The van der Waals surface area contributed by atoms with Gasteiger partial charge in [-0.15, -0.1) is 0 Å². The number of Topliss-reactive ketones (excluding diaryl/α,β-unsaturated/α-hetero) is 1. The second-order valence-corrected chi connectivity index (χ2v) is 10.8. The van der Waals surface area contributed by atoms with Gasteiger partial charge in [-0.3, -0.25) is 14.3 Å². The number of benzene rings is 3. The van der Waals surface area contributed by atoms with Gasteiger partial charge < -0.3 is 9.73 Å². The first-order valence-electron chi connectivity index (χ1n) is 11.2. The molecule has 0 aliphatic rings. The van der Waals surface area contributed by atoms with E-state index in [1.165, 1.54) is 25.1 Å². The molecule has 0 aliphatic heterocycles. The summed E-state index contributed by atoms with van der Waals surface area (Å²) in [4.78, 5) is 36.2. The van der Waals surface area contributed by atoms with Gasteiger partial charge in [0.25, 0.3) is 5.91 Å². The number of sulfonamides is 1. The summed E-state index contributed by atoms with van der Waals surface area (Å²) >= 11 is 0. The van der Waals surface area contributed by atoms with Crippen molar-refractivity contribution >= 4 is 44.1 Å². The minimum atomic E-state index is -3.46. The van der Waals surface area contributed by atoms with Crippen molar-refractivity contribution < 1.29 is 22.4 Å². The number of amides is 1. The van der Waals surface area contributed by atoms with E-state index in [9.17, 15) is 22.8 Å². The number of nitrogens with one attached hydrogen (secondary N) is 2. The van der Waals surface area contributed by atoms with Gasteiger partial charge in [-0.1, -0.05) is 18.2 Å². The molecule has 0 radical (unpaired) electrons. The van der Waals surface area contributed by atoms with Crippen LogP contribution in [0.15, 0.2) is 82.0 Å². The molecule has 4 rings (SSSR count). The van der Waals surface area contributed by atoms with Crippen LogP contribution in [0.4, 0.5) is 11.4 Å². The number of anilines is 2. The fraction of sp³-hybridized carbons (Fsp3) is 0.148. The van der Waals surface area contributed by atoms with Crippen molar-refractivity contribution in [2.45, 2.75) is 26.0 Å². The van der Waals surface area contributed by atoms with Crippen LogP contribution in [0.25, 0.3) is 22.1 Å². The van der Waals surface area contributed by atoms with Gasteiger partial charge >= 0.3 is 5.63 Å². The summed E-state index contributed by atoms with van der Waals surface area (Å²) in [5, 5.41) is 2.87. The highest BCUT2D eigenvalue weighted by Crippen LogP contribution is 2.26. The lowest BCUT2D eigenvalue weighted by molar-refractivity contribution is 0.101. The van der Waals surface area contributed by atoms with E-state index in [0.29, 0.717) is 27.9 Å². The first kappa shape index (κ1) is 24.9. The Kier molecular flexibility index (Phi) is 6.76. The van der Waals surface area contributed by atoms with Crippen LogP contribution < -0.4 is 15.7 Å². The van der Waals surface area contributed by atoms with E-state index in [1.807, 2.05) is 18.2 Å². The van der Waals surface area contributed by atoms with Crippen LogP contribution in [-0.2, 0) is 10.0 Å². The molecular weight excluding hydrogens is 480 g/mol. The summed E-state index contributed by atoms with van der Waals surface area (Å²) in [6.45, 7) is 4.48. The molecule has 2 N–H and O–H groups in total.